The zero-order valence-electron chi connectivity index (χ0n) is 13.0. The SMILES string of the molecule is O=C(NCCc1cn2ccccc2n1)c1cccc2cccnc12. The lowest BCUT2D eigenvalue weighted by atomic mass is 10.1. The monoisotopic (exact) mass is 316 g/mol. The Bertz CT molecular complexity index is 984. The molecule has 5 heteroatoms. The number of carbonyl (C=O) groups excluding carboxylic acids is 1. The third kappa shape index (κ3) is 2.72. The molecule has 0 aliphatic carbocycles. The van der Waals surface area contributed by atoms with E-state index in [2.05, 4.69) is 15.3 Å². The molecule has 0 radical (unpaired) electrons. The van der Waals surface area contributed by atoms with Crippen molar-refractivity contribution in [3.8, 4) is 0 Å². The summed E-state index contributed by atoms with van der Waals surface area (Å²) in [4.78, 5) is 21.3. The second-order valence-electron chi connectivity index (χ2n) is 5.58. The number of imidazole rings is 1. The van der Waals surface area contributed by atoms with E-state index in [9.17, 15) is 4.79 Å². The lowest BCUT2D eigenvalue weighted by molar-refractivity contribution is 0.0955. The summed E-state index contributed by atoms with van der Waals surface area (Å²) in [5, 5.41) is 3.92. The molecule has 5 nitrogen and oxygen atoms in total. The highest BCUT2D eigenvalue weighted by molar-refractivity contribution is 6.05. The van der Waals surface area contributed by atoms with Crippen molar-refractivity contribution >= 4 is 22.5 Å². The van der Waals surface area contributed by atoms with E-state index in [1.54, 1.807) is 12.3 Å². The number of nitrogens with zero attached hydrogens (tertiary/aromatic N) is 3. The topological polar surface area (TPSA) is 59.3 Å². The summed E-state index contributed by atoms with van der Waals surface area (Å²) in [6.45, 7) is 0.534. The van der Waals surface area contributed by atoms with Gasteiger partial charge in [0.2, 0.25) is 0 Å². The van der Waals surface area contributed by atoms with Gasteiger partial charge in [0.25, 0.3) is 5.91 Å². The average molecular weight is 316 g/mol. The molecule has 1 amide bonds. The van der Waals surface area contributed by atoms with Crippen LogP contribution in [0.1, 0.15) is 16.1 Å². The molecule has 1 aromatic carbocycles. The van der Waals surface area contributed by atoms with Gasteiger partial charge in [0, 0.05) is 36.9 Å². The molecule has 1 N–H and O–H groups in total. The summed E-state index contributed by atoms with van der Waals surface area (Å²) in [7, 11) is 0. The van der Waals surface area contributed by atoms with Gasteiger partial charge in [-0.3, -0.25) is 9.78 Å². The van der Waals surface area contributed by atoms with E-state index in [1.807, 2.05) is 59.3 Å². The Labute approximate surface area is 139 Å². The second-order valence-corrected chi connectivity index (χ2v) is 5.58. The summed E-state index contributed by atoms with van der Waals surface area (Å²) >= 11 is 0. The minimum atomic E-state index is -0.108. The third-order valence-corrected chi connectivity index (χ3v) is 3.96. The van der Waals surface area contributed by atoms with Gasteiger partial charge < -0.3 is 9.72 Å². The van der Waals surface area contributed by atoms with Crippen molar-refractivity contribution in [1.82, 2.24) is 19.7 Å². The van der Waals surface area contributed by atoms with Gasteiger partial charge in [-0.1, -0.05) is 24.3 Å². The van der Waals surface area contributed by atoms with Crippen LogP contribution in [0, 0.1) is 0 Å². The molecule has 0 saturated carbocycles. The van der Waals surface area contributed by atoms with Gasteiger partial charge in [-0.2, -0.15) is 0 Å². The molecular formula is C19H16N4O. The number of rotatable bonds is 4. The van der Waals surface area contributed by atoms with Gasteiger partial charge in [-0.05, 0) is 24.3 Å². The smallest absolute Gasteiger partial charge is 0.253 e. The number of fused-ring (bicyclic) bond motifs is 2. The van der Waals surface area contributed by atoms with Crippen LogP contribution in [0.4, 0.5) is 0 Å². The molecule has 0 saturated heterocycles. The maximum absolute atomic E-state index is 12.4. The van der Waals surface area contributed by atoms with Gasteiger partial charge in [0.05, 0.1) is 16.8 Å². The van der Waals surface area contributed by atoms with Gasteiger partial charge >= 0.3 is 0 Å². The standard InChI is InChI=1S/C19H16N4O/c24-19(16-7-3-5-14-6-4-10-20-18(14)16)21-11-9-15-13-23-12-2-1-8-17(23)22-15/h1-8,10,12-13H,9,11H2,(H,21,24). The Kier molecular flexibility index (Phi) is 3.67. The van der Waals surface area contributed by atoms with E-state index in [1.165, 1.54) is 0 Å². The molecule has 0 atom stereocenters. The Hall–Kier alpha value is -3.21. The highest BCUT2D eigenvalue weighted by Crippen LogP contribution is 2.15. The molecular weight excluding hydrogens is 300 g/mol. The summed E-state index contributed by atoms with van der Waals surface area (Å²) in [5.74, 6) is -0.108. The number of benzene rings is 1. The highest BCUT2D eigenvalue weighted by atomic mass is 16.1. The molecule has 0 aliphatic rings. The Morgan fingerprint density at radius 2 is 2.00 bits per heavy atom. The van der Waals surface area contributed by atoms with Crippen LogP contribution in [0.25, 0.3) is 16.6 Å². The zero-order valence-corrected chi connectivity index (χ0v) is 13.0. The molecule has 118 valence electrons. The summed E-state index contributed by atoms with van der Waals surface area (Å²) in [6.07, 6.45) is 6.34. The molecule has 0 bridgehead atoms. The third-order valence-electron chi connectivity index (χ3n) is 3.96. The number of hydrogen-bond acceptors (Lipinski definition) is 3. The number of nitrogens with one attached hydrogen (secondary N) is 1. The van der Waals surface area contributed by atoms with E-state index < -0.39 is 0 Å². The summed E-state index contributed by atoms with van der Waals surface area (Å²) < 4.78 is 1.98. The van der Waals surface area contributed by atoms with Crippen LogP contribution in [0.5, 0.6) is 0 Å². The van der Waals surface area contributed by atoms with E-state index in [0.29, 0.717) is 18.5 Å². The van der Waals surface area contributed by atoms with Crippen molar-refractivity contribution in [2.75, 3.05) is 6.54 Å². The Morgan fingerprint density at radius 1 is 1.08 bits per heavy atom. The fourth-order valence-corrected chi connectivity index (χ4v) is 2.79. The fourth-order valence-electron chi connectivity index (χ4n) is 2.79. The first kappa shape index (κ1) is 14.4. The normalized spacial score (nSPS) is 11.0. The molecule has 4 rings (SSSR count). The number of pyridine rings is 2. The maximum atomic E-state index is 12.4. The van der Waals surface area contributed by atoms with Crippen LogP contribution in [0.15, 0.2) is 67.1 Å². The fraction of sp³-hybridized carbons (Fsp3) is 0.105. The van der Waals surface area contributed by atoms with Gasteiger partial charge in [0.1, 0.15) is 5.65 Å². The van der Waals surface area contributed by atoms with E-state index in [0.717, 1.165) is 22.2 Å². The van der Waals surface area contributed by atoms with E-state index in [-0.39, 0.29) is 5.91 Å². The van der Waals surface area contributed by atoms with Gasteiger partial charge in [0.15, 0.2) is 0 Å². The number of para-hydroxylation sites is 1. The first-order valence-corrected chi connectivity index (χ1v) is 7.86. The van der Waals surface area contributed by atoms with Crippen molar-refractivity contribution in [2.24, 2.45) is 0 Å². The van der Waals surface area contributed by atoms with Crippen molar-refractivity contribution in [1.29, 1.82) is 0 Å². The van der Waals surface area contributed by atoms with Crippen molar-refractivity contribution in [3.63, 3.8) is 0 Å². The van der Waals surface area contributed by atoms with Gasteiger partial charge in [-0.15, -0.1) is 0 Å². The minimum absolute atomic E-state index is 0.108. The van der Waals surface area contributed by atoms with Gasteiger partial charge in [-0.25, -0.2) is 4.98 Å². The molecule has 4 aromatic rings. The zero-order chi connectivity index (χ0) is 16.4. The first-order chi connectivity index (χ1) is 11.8. The first-order valence-electron chi connectivity index (χ1n) is 7.86. The van der Waals surface area contributed by atoms with E-state index >= 15 is 0 Å². The average Bonchev–Trinajstić information content (AvgIpc) is 3.04. The van der Waals surface area contributed by atoms with Crippen molar-refractivity contribution in [3.05, 3.63) is 78.4 Å². The van der Waals surface area contributed by atoms with Crippen LogP contribution in [0.2, 0.25) is 0 Å². The quantitative estimate of drug-likeness (QED) is 0.630. The predicted molar refractivity (Wildman–Crippen MR) is 93.0 cm³/mol. The second kappa shape index (κ2) is 6.12. The maximum Gasteiger partial charge on any atom is 0.253 e. The number of aromatic nitrogens is 3. The van der Waals surface area contributed by atoms with Crippen LogP contribution in [0.3, 0.4) is 0 Å². The van der Waals surface area contributed by atoms with Crippen LogP contribution in [-0.2, 0) is 6.42 Å². The molecule has 24 heavy (non-hydrogen) atoms. The number of hydrogen-bond donors (Lipinski definition) is 1. The number of amides is 1. The molecule has 0 fully saturated rings. The highest BCUT2D eigenvalue weighted by Gasteiger charge is 2.10. The largest absolute Gasteiger partial charge is 0.352 e. The van der Waals surface area contributed by atoms with E-state index in [4.69, 9.17) is 0 Å². The summed E-state index contributed by atoms with van der Waals surface area (Å²) in [6, 6.07) is 15.3. The Balaban J connectivity index is 1.46. The lowest BCUT2D eigenvalue weighted by Crippen LogP contribution is -2.26. The number of carbonyl (C=O) groups is 1. The molecule has 0 spiro atoms. The Morgan fingerprint density at radius 3 is 2.92 bits per heavy atom. The molecule has 3 heterocycles. The molecule has 0 unspecified atom stereocenters. The van der Waals surface area contributed by atoms with Crippen LogP contribution in [-0.4, -0.2) is 26.8 Å². The predicted octanol–water partition coefficient (Wildman–Crippen LogP) is 2.86. The minimum Gasteiger partial charge on any atom is -0.352 e. The van der Waals surface area contributed by atoms with Crippen LogP contribution < -0.4 is 5.32 Å². The van der Waals surface area contributed by atoms with Crippen LogP contribution >= 0.6 is 0 Å². The summed E-state index contributed by atoms with van der Waals surface area (Å²) in [5.41, 5.74) is 3.20. The molecule has 0 aliphatic heterocycles. The van der Waals surface area contributed by atoms with Crippen molar-refractivity contribution in [2.45, 2.75) is 6.42 Å². The van der Waals surface area contributed by atoms with Crippen molar-refractivity contribution < 1.29 is 4.79 Å². The molecule has 3 aromatic heterocycles. The lowest BCUT2D eigenvalue weighted by Gasteiger charge is -2.06.